The minimum Gasteiger partial charge on any atom is -0.303 e. The van der Waals surface area contributed by atoms with Crippen molar-refractivity contribution in [1.82, 2.24) is 14.9 Å². The van der Waals surface area contributed by atoms with Crippen LogP contribution in [0.1, 0.15) is 18.3 Å². The molecule has 0 radical (unpaired) electrons. The Balaban J connectivity index is 1.77. The molecule has 0 fully saturated rings. The lowest BCUT2D eigenvalue weighted by molar-refractivity contribution is 0.293. The first kappa shape index (κ1) is 13.7. The van der Waals surface area contributed by atoms with Gasteiger partial charge in [-0.25, -0.2) is 0 Å². The third-order valence-electron chi connectivity index (χ3n) is 3.27. The molecule has 3 heteroatoms. The van der Waals surface area contributed by atoms with Gasteiger partial charge in [-0.15, -0.1) is 0 Å². The smallest absolute Gasteiger partial charge is 0.0416 e. The summed E-state index contributed by atoms with van der Waals surface area (Å²) in [7, 11) is 0. The Morgan fingerprint density at radius 3 is 1.74 bits per heavy atom. The molecule has 0 aliphatic heterocycles. The highest BCUT2D eigenvalue weighted by Gasteiger charge is 2.04. The van der Waals surface area contributed by atoms with E-state index in [2.05, 4.69) is 33.9 Å². The van der Waals surface area contributed by atoms with Gasteiger partial charge in [0.1, 0.15) is 0 Å². The van der Waals surface area contributed by atoms with Gasteiger partial charge >= 0.3 is 0 Å². The van der Waals surface area contributed by atoms with E-state index in [9.17, 15) is 0 Å². The van der Waals surface area contributed by atoms with E-state index in [1.54, 1.807) is 0 Å². The second-order valence-electron chi connectivity index (χ2n) is 4.58. The maximum atomic E-state index is 4.36. The van der Waals surface area contributed by atoms with Crippen molar-refractivity contribution in [3.63, 3.8) is 0 Å². The fraction of sp³-hybridized carbons (Fsp3) is 0.375. The number of hydrogen-bond acceptors (Lipinski definition) is 3. The van der Waals surface area contributed by atoms with E-state index in [4.69, 9.17) is 0 Å². The lowest BCUT2D eigenvalue weighted by Gasteiger charge is -2.19. The van der Waals surface area contributed by atoms with Crippen molar-refractivity contribution in [3.8, 4) is 0 Å². The van der Waals surface area contributed by atoms with Crippen molar-refractivity contribution < 1.29 is 0 Å². The summed E-state index contributed by atoms with van der Waals surface area (Å²) in [6, 6.07) is 12.2. The molecular formula is C16H21N3. The highest BCUT2D eigenvalue weighted by Crippen LogP contribution is 2.01. The zero-order chi connectivity index (χ0) is 13.3. The van der Waals surface area contributed by atoms with E-state index in [0.717, 1.165) is 32.5 Å². The molecule has 0 aromatic carbocycles. The van der Waals surface area contributed by atoms with Crippen LogP contribution < -0.4 is 0 Å². The number of hydrogen-bond donors (Lipinski definition) is 0. The van der Waals surface area contributed by atoms with Gasteiger partial charge < -0.3 is 4.90 Å². The Morgan fingerprint density at radius 2 is 1.37 bits per heavy atom. The van der Waals surface area contributed by atoms with Crippen LogP contribution >= 0.6 is 0 Å². The minimum atomic E-state index is 1.01. The fourth-order valence-corrected chi connectivity index (χ4v) is 2.07. The maximum absolute atomic E-state index is 4.36. The normalized spacial score (nSPS) is 10.8. The van der Waals surface area contributed by atoms with Crippen LogP contribution in [0.2, 0.25) is 0 Å². The first-order chi connectivity index (χ1) is 9.38. The summed E-state index contributed by atoms with van der Waals surface area (Å²) in [5.74, 6) is 0. The number of aromatic nitrogens is 2. The van der Waals surface area contributed by atoms with Crippen LogP contribution in [0.3, 0.4) is 0 Å². The molecule has 2 aromatic heterocycles. The molecule has 2 heterocycles. The zero-order valence-electron chi connectivity index (χ0n) is 11.5. The molecule has 2 aromatic rings. The van der Waals surface area contributed by atoms with Crippen molar-refractivity contribution in [1.29, 1.82) is 0 Å². The standard InChI is InChI=1S/C16H21N3/c1-2-19(13-9-15-7-3-5-11-17-15)14-10-16-8-4-6-12-18-16/h3-8,11-12H,2,9-10,13-14H2,1H3. The Labute approximate surface area is 115 Å². The van der Waals surface area contributed by atoms with Crippen molar-refractivity contribution in [2.45, 2.75) is 19.8 Å². The molecule has 0 N–H and O–H groups in total. The van der Waals surface area contributed by atoms with Crippen LogP contribution in [0, 0.1) is 0 Å². The molecule has 0 aliphatic rings. The summed E-state index contributed by atoms with van der Waals surface area (Å²) in [5.41, 5.74) is 2.33. The van der Waals surface area contributed by atoms with E-state index in [0.29, 0.717) is 0 Å². The molecule has 2 rings (SSSR count). The molecule has 0 atom stereocenters. The SMILES string of the molecule is CCN(CCc1ccccn1)CCc1ccccn1. The summed E-state index contributed by atoms with van der Waals surface area (Å²) >= 11 is 0. The van der Waals surface area contributed by atoms with Crippen molar-refractivity contribution in [2.75, 3.05) is 19.6 Å². The zero-order valence-corrected chi connectivity index (χ0v) is 11.5. The highest BCUT2D eigenvalue weighted by atomic mass is 15.1. The largest absolute Gasteiger partial charge is 0.303 e. The van der Waals surface area contributed by atoms with Gasteiger partial charge in [0.05, 0.1) is 0 Å². The molecule has 0 aliphatic carbocycles. The second kappa shape index (κ2) is 7.64. The van der Waals surface area contributed by atoms with Crippen molar-refractivity contribution in [3.05, 3.63) is 60.2 Å². The van der Waals surface area contributed by atoms with E-state index >= 15 is 0 Å². The van der Waals surface area contributed by atoms with E-state index < -0.39 is 0 Å². The number of pyridine rings is 2. The summed E-state index contributed by atoms with van der Waals surface area (Å²) in [6.45, 7) is 5.39. The van der Waals surface area contributed by atoms with Crippen LogP contribution in [0.15, 0.2) is 48.8 Å². The molecule has 19 heavy (non-hydrogen) atoms. The highest BCUT2D eigenvalue weighted by molar-refractivity contribution is 5.05. The van der Waals surface area contributed by atoms with Gasteiger partial charge in [0.25, 0.3) is 0 Å². The van der Waals surface area contributed by atoms with Gasteiger partial charge in [0.15, 0.2) is 0 Å². The first-order valence-electron chi connectivity index (χ1n) is 6.90. The van der Waals surface area contributed by atoms with Gasteiger partial charge in [-0.1, -0.05) is 19.1 Å². The van der Waals surface area contributed by atoms with E-state index in [1.165, 1.54) is 11.4 Å². The molecular weight excluding hydrogens is 234 g/mol. The van der Waals surface area contributed by atoms with Crippen LogP contribution in [-0.4, -0.2) is 34.5 Å². The Bertz CT molecular complexity index is 412. The third kappa shape index (κ3) is 4.79. The Morgan fingerprint density at radius 1 is 0.842 bits per heavy atom. The predicted octanol–water partition coefficient (Wildman–Crippen LogP) is 2.58. The molecule has 0 saturated carbocycles. The predicted molar refractivity (Wildman–Crippen MR) is 78.0 cm³/mol. The Hall–Kier alpha value is -1.74. The van der Waals surface area contributed by atoms with Gasteiger partial charge in [0, 0.05) is 49.7 Å². The Kier molecular flexibility index (Phi) is 5.50. The number of rotatable bonds is 7. The van der Waals surface area contributed by atoms with Crippen LogP contribution in [0.25, 0.3) is 0 Å². The molecule has 0 unspecified atom stereocenters. The molecule has 0 saturated heterocycles. The summed E-state index contributed by atoms with van der Waals surface area (Å²) in [4.78, 5) is 11.2. The molecule has 0 spiro atoms. The maximum Gasteiger partial charge on any atom is 0.0416 e. The summed E-state index contributed by atoms with van der Waals surface area (Å²) < 4.78 is 0. The van der Waals surface area contributed by atoms with E-state index in [-0.39, 0.29) is 0 Å². The van der Waals surface area contributed by atoms with E-state index in [1.807, 2.05) is 36.7 Å². The first-order valence-corrected chi connectivity index (χ1v) is 6.90. The van der Waals surface area contributed by atoms with Gasteiger partial charge in [-0.2, -0.15) is 0 Å². The van der Waals surface area contributed by atoms with Crippen LogP contribution in [0.5, 0.6) is 0 Å². The lowest BCUT2D eigenvalue weighted by atomic mass is 10.2. The molecule has 3 nitrogen and oxygen atoms in total. The quantitative estimate of drug-likeness (QED) is 0.761. The van der Waals surface area contributed by atoms with Crippen molar-refractivity contribution >= 4 is 0 Å². The van der Waals surface area contributed by atoms with Crippen molar-refractivity contribution in [2.24, 2.45) is 0 Å². The fourth-order valence-electron chi connectivity index (χ4n) is 2.07. The number of nitrogens with zero attached hydrogens (tertiary/aromatic N) is 3. The van der Waals surface area contributed by atoms with Gasteiger partial charge in [-0.3, -0.25) is 9.97 Å². The topological polar surface area (TPSA) is 29.0 Å². The molecule has 0 bridgehead atoms. The minimum absolute atomic E-state index is 1.01. The van der Waals surface area contributed by atoms with Gasteiger partial charge in [0.2, 0.25) is 0 Å². The second-order valence-corrected chi connectivity index (χ2v) is 4.58. The lowest BCUT2D eigenvalue weighted by Crippen LogP contribution is -2.28. The average Bonchev–Trinajstić information content (AvgIpc) is 2.49. The monoisotopic (exact) mass is 255 g/mol. The van der Waals surface area contributed by atoms with Gasteiger partial charge in [-0.05, 0) is 30.8 Å². The third-order valence-corrected chi connectivity index (χ3v) is 3.27. The molecule has 100 valence electrons. The summed E-state index contributed by atoms with van der Waals surface area (Å²) in [5, 5.41) is 0. The average molecular weight is 255 g/mol. The van der Waals surface area contributed by atoms with Crippen LogP contribution in [-0.2, 0) is 12.8 Å². The number of likely N-dealkylation sites (N-methyl/N-ethyl adjacent to an activating group) is 1. The summed E-state index contributed by atoms with van der Waals surface area (Å²) in [6.07, 6.45) is 5.74. The molecule has 0 amide bonds. The van der Waals surface area contributed by atoms with Crippen LogP contribution in [0.4, 0.5) is 0 Å².